The molecular weight excluding hydrogens is 367 g/mol. The summed E-state index contributed by atoms with van der Waals surface area (Å²) in [6.45, 7) is 1.87. The number of hydrogen-bond donors (Lipinski definition) is 1. The molecule has 0 aliphatic heterocycles. The van der Waals surface area contributed by atoms with Crippen molar-refractivity contribution >= 4 is 34.1 Å². The predicted molar refractivity (Wildman–Crippen MR) is 101 cm³/mol. The SMILES string of the molecule is Cc1ccncc1-c1cc2cc(NC(=O)[C@@H]3C[C@H]3C#N)ncc2c(Cl)c1F. The topological polar surface area (TPSA) is 78.7 Å². The number of hydrogen-bond acceptors (Lipinski definition) is 4. The molecule has 0 bridgehead atoms. The average Bonchev–Trinajstić information content (AvgIpc) is 3.45. The van der Waals surface area contributed by atoms with Crippen LogP contribution in [0.15, 0.2) is 36.8 Å². The van der Waals surface area contributed by atoms with Gasteiger partial charge in [0.2, 0.25) is 5.91 Å². The van der Waals surface area contributed by atoms with Gasteiger partial charge in [0.05, 0.1) is 22.9 Å². The smallest absolute Gasteiger partial charge is 0.230 e. The molecule has 1 amide bonds. The van der Waals surface area contributed by atoms with Crippen LogP contribution in [-0.4, -0.2) is 15.9 Å². The quantitative estimate of drug-likeness (QED) is 0.725. The van der Waals surface area contributed by atoms with Crippen LogP contribution in [0.1, 0.15) is 12.0 Å². The van der Waals surface area contributed by atoms with Gasteiger partial charge in [-0.25, -0.2) is 9.37 Å². The molecule has 2 atom stereocenters. The van der Waals surface area contributed by atoms with E-state index in [0.717, 1.165) is 5.56 Å². The van der Waals surface area contributed by atoms with E-state index in [1.807, 2.05) is 6.92 Å². The summed E-state index contributed by atoms with van der Waals surface area (Å²) < 4.78 is 14.8. The second-order valence-electron chi connectivity index (χ2n) is 6.60. The number of rotatable bonds is 3. The molecule has 1 aliphatic rings. The lowest BCUT2D eigenvalue weighted by atomic mass is 9.99. The van der Waals surface area contributed by atoms with Crippen molar-refractivity contribution in [1.29, 1.82) is 5.26 Å². The molecule has 27 heavy (non-hydrogen) atoms. The first-order valence-electron chi connectivity index (χ1n) is 8.39. The molecule has 2 heterocycles. The minimum absolute atomic E-state index is 0.0251. The summed E-state index contributed by atoms with van der Waals surface area (Å²) in [4.78, 5) is 20.4. The Bertz CT molecular complexity index is 1120. The molecule has 0 saturated heterocycles. The van der Waals surface area contributed by atoms with E-state index < -0.39 is 5.82 Å². The number of carbonyl (C=O) groups excluding carboxylic acids is 1. The van der Waals surface area contributed by atoms with E-state index in [-0.39, 0.29) is 22.8 Å². The molecule has 4 rings (SSSR count). The number of aromatic nitrogens is 2. The minimum atomic E-state index is -0.534. The number of nitrogens with one attached hydrogen (secondary N) is 1. The molecule has 1 fully saturated rings. The molecule has 2 aromatic heterocycles. The van der Waals surface area contributed by atoms with Crippen LogP contribution in [0.5, 0.6) is 0 Å². The van der Waals surface area contributed by atoms with Gasteiger partial charge in [-0.1, -0.05) is 11.6 Å². The fourth-order valence-corrected chi connectivity index (χ4v) is 3.35. The first-order valence-corrected chi connectivity index (χ1v) is 8.76. The van der Waals surface area contributed by atoms with Crippen molar-refractivity contribution in [3.05, 3.63) is 53.2 Å². The van der Waals surface area contributed by atoms with Crippen molar-refractivity contribution in [3.63, 3.8) is 0 Å². The number of halogens is 2. The Hall–Kier alpha value is -3.04. The number of nitrogens with zero attached hydrogens (tertiary/aromatic N) is 3. The molecular formula is C20H14ClFN4O. The summed E-state index contributed by atoms with van der Waals surface area (Å²) >= 11 is 6.23. The van der Waals surface area contributed by atoms with Crippen molar-refractivity contribution in [2.45, 2.75) is 13.3 Å². The maximum atomic E-state index is 14.8. The lowest BCUT2D eigenvalue weighted by Crippen LogP contribution is -2.15. The first-order chi connectivity index (χ1) is 13.0. The monoisotopic (exact) mass is 380 g/mol. The van der Waals surface area contributed by atoms with Gasteiger partial charge in [0.15, 0.2) is 0 Å². The summed E-state index contributed by atoms with van der Waals surface area (Å²) in [5, 5.41) is 12.6. The molecule has 1 saturated carbocycles. The van der Waals surface area contributed by atoms with Gasteiger partial charge in [0.1, 0.15) is 11.6 Å². The second-order valence-corrected chi connectivity index (χ2v) is 6.98. The molecule has 7 heteroatoms. The van der Waals surface area contributed by atoms with Crippen molar-refractivity contribution in [3.8, 4) is 17.2 Å². The Morgan fingerprint density at radius 1 is 1.37 bits per heavy atom. The number of nitriles is 1. The molecule has 5 nitrogen and oxygen atoms in total. The number of carbonyl (C=O) groups is 1. The Kier molecular flexibility index (Phi) is 4.25. The fourth-order valence-electron chi connectivity index (χ4n) is 3.09. The van der Waals surface area contributed by atoms with Crippen molar-refractivity contribution in [2.75, 3.05) is 5.32 Å². The highest BCUT2D eigenvalue weighted by Gasteiger charge is 2.43. The number of aryl methyl sites for hydroxylation is 1. The van der Waals surface area contributed by atoms with Crippen LogP contribution in [0.3, 0.4) is 0 Å². The van der Waals surface area contributed by atoms with Gasteiger partial charge in [-0.05, 0) is 42.5 Å². The predicted octanol–water partition coefficient (Wildman–Crippen LogP) is 4.50. The minimum Gasteiger partial charge on any atom is -0.310 e. The molecule has 3 aromatic rings. The zero-order chi connectivity index (χ0) is 19.1. The van der Waals surface area contributed by atoms with Crippen LogP contribution in [-0.2, 0) is 4.79 Å². The maximum Gasteiger partial charge on any atom is 0.230 e. The number of benzene rings is 1. The third-order valence-corrected chi connectivity index (χ3v) is 5.14. The van der Waals surface area contributed by atoms with Crippen LogP contribution >= 0.6 is 11.6 Å². The van der Waals surface area contributed by atoms with Gasteiger partial charge in [0.25, 0.3) is 0 Å². The molecule has 1 N–H and O–H groups in total. The van der Waals surface area contributed by atoms with E-state index in [4.69, 9.17) is 16.9 Å². The van der Waals surface area contributed by atoms with Gasteiger partial charge in [-0.3, -0.25) is 9.78 Å². The third kappa shape index (κ3) is 3.11. The Balaban J connectivity index is 1.75. The largest absolute Gasteiger partial charge is 0.310 e. The van der Waals surface area contributed by atoms with E-state index in [9.17, 15) is 9.18 Å². The number of fused-ring (bicyclic) bond motifs is 1. The van der Waals surface area contributed by atoms with Crippen molar-refractivity contribution < 1.29 is 9.18 Å². The summed E-state index contributed by atoms with van der Waals surface area (Å²) in [6.07, 6.45) is 5.24. The molecule has 1 aliphatic carbocycles. The number of anilines is 1. The van der Waals surface area contributed by atoms with E-state index in [1.54, 1.807) is 30.6 Å². The summed E-state index contributed by atoms with van der Waals surface area (Å²) in [5.41, 5.74) is 1.86. The van der Waals surface area contributed by atoms with Crippen molar-refractivity contribution in [2.24, 2.45) is 11.8 Å². The van der Waals surface area contributed by atoms with Gasteiger partial charge in [-0.2, -0.15) is 5.26 Å². The normalized spacial score (nSPS) is 18.1. The Labute approximate surface area is 159 Å². The van der Waals surface area contributed by atoms with E-state index >= 15 is 0 Å². The molecule has 1 aromatic carbocycles. The highest BCUT2D eigenvalue weighted by atomic mass is 35.5. The van der Waals surface area contributed by atoms with Crippen LogP contribution in [0.2, 0.25) is 5.02 Å². The lowest BCUT2D eigenvalue weighted by Gasteiger charge is -2.12. The second kappa shape index (κ2) is 6.60. The van der Waals surface area contributed by atoms with Crippen LogP contribution in [0, 0.1) is 35.9 Å². The maximum absolute atomic E-state index is 14.8. The van der Waals surface area contributed by atoms with Crippen molar-refractivity contribution in [1.82, 2.24) is 9.97 Å². The highest BCUT2D eigenvalue weighted by Crippen LogP contribution is 2.39. The summed E-state index contributed by atoms with van der Waals surface area (Å²) in [5.74, 6) is -0.946. The Morgan fingerprint density at radius 3 is 2.89 bits per heavy atom. The molecule has 134 valence electrons. The van der Waals surface area contributed by atoms with Gasteiger partial charge >= 0.3 is 0 Å². The average molecular weight is 381 g/mol. The Morgan fingerprint density at radius 2 is 2.19 bits per heavy atom. The van der Waals surface area contributed by atoms with E-state index in [2.05, 4.69) is 21.4 Å². The number of amides is 1. The zero-order valence-electron chi connectivity index (χ0n) is 14.3. The molecule has 0 unspecified atom stereocenters. The van der Waals surface area contributed by atoms with Crippen LogP contribution in [0.4, 0.5) is 10.2 Å². The van der Waals surface area contributed by atoms with Gasteiger partial charge in [0, 0.05) is 35.1 Å². The fraction of sp³-hybridized carbons (Fsp3) is 0.200. The van der Waals surface area contributed by atoms with E-state index in [0.29, 0.717) is 34.1 Å². The zero-order valence-corrected chi connectivity index (χ0v) is 15.1. The summed E-state index contributed by atoms with van der Waals surface area (Å²) in [6, 6.07) is 7.21. The van der Waals surface area contributed by atoms with Gasteiger partial charge in [-0.15, -0.1) is 0 Å². The lowest BCUT2D eigenvalue weighted by molar-refractivity contribution is -0.117. The first kappa shape index (κ1) is 17.4. The standard InChI is InChI=1S/C20H14ClFN4O/c1-10-2-3-24-8-15(10)14-4-11-6-17(25-9-16(11)18(21)19(14)22)26-20(27)13-5-12(13)7-23/h2-4,6,8-9,12-13H,5H2,1H3,(H,25,26,27)/t12-,13+/m0/s1. The van der Waals surface area contributed by atoms with Gasteiger partial charge < -0.3 is 5.32 Å². The molecule has 0 radical (unpaired) electrons. The van der Waals surface area contributed by atoms with Crippen LogP contribution in [0.25, 0.3) is 21.9 Å². The third-order valence-electron chi connectivity index (χ3n) is 4.77. The summed E-state index contributed by atoms with van der Waals surface area (Å²) in [7, 11) is 0. The number of pyridine rings is 2. The van der Waals surface area contributed by atoms with E-state index in [1.165, 1.54) is 6.20 Å². The molecule has 0 spiro atoms. The highest BCUT2D eigenvalue weighted by molar-refractivity contribution is 6.36. The van der Waals surface area contributed by atoms with Crippen LogP contribution < -0.4 is 5.32 Å².